The number of nitrogens with zero attached hydrogens (tertiary/aromatic N) is 1. The molecule has 1 saturated carbocycles. The predicted octanol–water partition coefficient (Wildman–Crippen LogP) is 0.647. The molecule has 4 atom stereocenters. The summed E-state index contributed by atoms with van der Waals surface area (Å²) in [6.07, 6.45) is 4.37. The van der Waals surface area contributed by atoms with Gasteiger partial charge >= 0.3 is 0 Å². The normalized spacial score (nSPS) is 31.5. The summed E-state index contributed by atoms with van der Waals surface area (Å²) in [6, 6.07) is 0.351. The third kappa shape index (κ3) is 5.52. The first-order chi connectivity index (χ1) is 10.7. The molecule has 0 amide bonds. The number of guanidine groups is 1. The maximum absolute atomic E-state index is 12.0. The molecule has 1 aliphatic carbocycles. The lowest BCUT2D eigenvalue weighted by Gasteiger charge is -2.31. The minimum Gasteiger partial charge on any atom is -0.376 e. The Morgan fingerprint density at radius 1 is 1.36 bits per heavy atom. The van der Waals surface area contributed by atoms with E-state index in [1.807, 2.05) is 6.92 Å². The van der Waals surface area contributed by atoms with Gasteiger partial charge in [-0.3, -0.25) is 9.20 Å². The molecule has 1 saturated heterocycles. The molecular formula is C15H29N3O3S. The van der Waals surface area contributed by atoms with E-state index < -0.39 is 10.8 Å². The highest BCUT2D eigenvalue weighted by Crippen LogP contribution is 2.22. The first-order valence-electron chi connectivity index (χ1n) is 8.26. The van der Waals surface area contributed by atoms with Gasteiger partial charge in [-0.1, -0.05) is 13.3 Å². The highest BCUT2D eigenvalue weighted by molar-refractivity contribution is 7.85. The second kappa shape index (κ2) is 9.47. The molecule has 2 aliphatic rings. The second-order valence-corrected chi connectivity index (χ2v) is 7.83. The van der Waals surface area contributed by atoms with E-state index in [1.54, 1.807) is 7.05 Å². The van der Waals surface area contributed by atoms with Crippen molar-refractivity contribution in [3.63, 3.8) is 0 Å². The number of rotatable bonds is 5. The van der Waals surface area contributed by atoms with Crippen LogP contribution in [0.4, 0.5) is 0 Å². The molecule has 22 heavy (non-hydrogen) atoms. The van der Waals surface area contributed by atoms with Crippen LogP contribution in [0.15, 0.2) is 4.99 Å². The molecule has 0 radical (unpaired) electrons. The highest BCUT2D eigenvalue weighted by Gasteiger charge is 2.26. The van der Waals surface area contributed by atoms with E-state index >= 15 is 0 Å². The van der Waals surface area contributed by atoms with Crippen LogP contribution in [0.25, 0.3) is 0 Å². The largest absolute Gasteiger partial charge is 0.376 e. The zero-order valence-electron chi connectivity index (χ0n) is 13.7. The molecule has 2 N–H and O–H groups in total. The van der Waals surface area contributed by atoms with Gasteiger partial charge in [-0.05, 0) is 19.3 Å². The lowest BCUT2D eigenvalue weighted by Crippen LogP contribution is -2.49. The number of nitrogens with one attached hydrogen (secondary N) is 2. The van der Waals surface area contributed by atoms with Crippen LogP contribution < -0.4 is 10.6 Å². The van der Waals surface area contributed by atoms with Crippen LogP contribution in [-0.4, -0.2) is 66.7 Å². The Bertz CT molecular complexity index is 386. The third-order valence-electron chi connectivity index (χ3n) is 4.23. The summed E-state index contributed by atoms with van der Waals surface area (Å²) in [4.78, 5) is 4.28. The summed E-state index contributed by atoms with van der Waals surface area (Å²) < 4.78 is 23.0. The van der Waals surface area contributed by atoms with Crippen LogP contribution in [0.5, 0.6) is 0 Å². The van der Waals surface area contributed by atoms with Crippen LogP contribution in [0, 0.1) is 0 Å². The van der Waals surface area contributed by atoms with E-state index in [1.165, 1.54) is 0 Å². The predicted molar refractivity (Wildman–Crippen MR) is 89.8 cm³/mol. The molecule has 1 heterocycles. The van der Waals surface area contributed by atoms with Gasteiger partial charge in [0.15, 0.2) is 5.96 Å². The van der Waals surface area contributed by atoms with Crippen molar-refractivity contribution in [3.8, 4) is 0 Å². The molecule has 0 aromatic carbocycles. The molecule has 7 heteroatoms. The van der Waals surface area contributed by atoms with Gasteiger partial charge in [0, 0.05) is 41.4 Å². The number of ether oxygens (including phenoxy) is 2. The van der Waals surface area contributed by atoms with Crippen molar-refractivity contribution in [2.45, 2.75) is 50.0 Å². The summed E-state index contributed by atoms with van der Waals surface area (Å²) in [7, 11) is 1.08. The molecule has 2 fully saturated rings. The zero-order chi connectivity index (χ0) is 15.8. The lowest BCUT2D eigenvalue weighted by atomic mass is 9.95. The first kappa shape index (κ1) is 17.7. The SMILES string of the molecule is CCS(=O)C1CCCC(NC(=NC)NCC2COCCO2)C1. The Hall–Kier alpha value is -0.660. The molecule has 1 aliphatic heterocycles. The molecule has 0 aromatic heterocycles. The smallest absolute Gasteiger partial charge is 0.191 e. The summed E-state index contributed by atoms with van der Waals surface area (Å²) in [5, 5.41) is 7.09. The van der Waals surface area contributed by atoms with Gasteiger partial charge in [0.2, 0.25) is 0 Å². The molecule has 2 rings (SSSR count). The number of hydrogen-bond donors (Lipinski definition) is 2. The molecule has 0 spiro atoms. The van der Waals surface area contributed by atoms with Crippen LogP contribution in [0.2, 0.25) is 0 Å². The topological polar surface area (TPSA) is 72.0 Å². The third-order valence-corrected chi connectivity index (χ3v) is 5.97. The van der Waals surface area contributed by atoms with Gasteiger partial charge < -0.3 is 20.1 Å². The van der Waals surface area contributed by atoms with Gasteiger partial charge in [-0.15, -0.1) is 0 Å². The van der Waals surface area contributed by atoms with Crippen molar-refractivity contribution >= 4 is 16.8 Å². The van der Waals surface area contributed by atoms with Crippen molar-refractivity contribution in [1.29, 1.82) is 0 Å². The van der Waals surface area contributed by atoms with E-state index in [0.717, 1.165) is 37.4 Å². The first-order valence-corrected chi connectivity index (χ1v) is 9.64. The number of hydrogen-bond acceptors (Lipinski definition) is 4. The Morgan fingerprint density at radius 2 is 2.23 bits per heavy atom. The highest BCUT2D eigenvalue weighted by atomic mass is 32.2. The van der Waals surface area contributed by atoms with Crippen molar-refractivity contribution in [2.24, 2.45) is 4.99 Å². The monoisotopic (exact) mass is 331 g/mol. The van der Waals surface area contributed by atoms with E-state index in [9.17, 15) is 4.21 Å². The average Bonchev–Trinajstić information content (AvgIpc) is 2.59. The molecule has 4 unspecified atom stereocenters. The lowest BCUT2D eigenvalue weighted by molar-refractivity contribution is -0.0850. The molecular weight excluding hydrogens is 302 g/mol. The fourth-order valence-electron chi connectivity index (χ4n) is 3.00. The Balaban J connectivity index is 1.75. The van der Waals surface area contributed by atoms with Gasteiger partial charge in [-0.25, -0.2) is 0 Å². The fourth-order valence-corrected chi connectivity index (χ4v) is 4.35. The van der Waals surface area contributed by atoms with Gasteiger partial charge in [0.1, 0.15) is 0 Å². The second-order valence-electron chi connectivity index (χ2n) is 5.82. The maximum atomic E-state index is 12.0. The number of aliphatic imine (C=N–C) groups is 1. The minimum atomic E-state index is -0.695. The summed E-state index contributed by atoms with van der Waals surface area (Å²) in [6.45, 7) is 4.66. The summed E-state index contributed by atoms with van der Waals surface area (Å²) in [5.74, 6) is 1.55. The van der Waals surface area contributed by atoms with E-state index in [-0.39, 0.29) is 6.10 Å². The van der Waals surface area contributed by atoms with Crippen LogP contribution >= 0.6 is 0 Å². The summed E-state index contributed by atoms with van der Waals surface area (Å²) >= 11 is 0. The Labute approximate surface area is 135 Å². The van der Waals surface area contributed by atoms with Gasteiger partial charge in [0.05, 0.1) is 25.9 Å². The van der Waals surface area contributed by atoms with Crippen LogP contribution in [-0.2, 0) is 20.3 Å². The molecule has 6 nitrogen and oxygen atoms in total. The maximum Gasteiger partial charge on any atom is 0.191 e. The van der Waals surface area contributed by atoms with Crippen molar-refractivity contribution in [1.82, 2.24) is 10.6 Å². The Kier molecular flexibility index (Phi) is 7.62. The molecule has 0 bridgehead atoms. The van der Waals surface area contributed by atoms with Crippen molar-refractivity contribution in [3.05, 3.63) is 0 Å². The van der Waals surface area contributed by atoms with Gasteiger partial charge in [-0.2, -0.15) is 0 Å². The van der Waals surface area contributed by atoms with Crippen molar-refractivity contribution < 1.29 is 13.7 Å². The summed E-state index contributed by atoms with van der Waals surface area (Å²) in [5.41, 5.74) is 0. The van der Waals surface area contributed by atoms with E-state index in [4.69, 9.17) is 9.47 Å². The average molecular weight is 331 g/mol. The molecule has 128 valence electrons. The zero-order valence-corrected chi connectivity index (χ0v) is 14.5. The van der Waals surface area contributed by atoms with Crippen molar-refractivity contribution in [2.75, 3.05) is 39.2 Å². The van der Waals surface area contributed by atoms with E-state index in [0.29, 0.717) is 37.7 Å². The Morgan fingerprint density at radius 3 is 2.91 bits per heavy atom. The standard InChI is InChI=1S/C15H29N3O3S/c1-3-22(19)14-6-4-5-12(9-14)18-15(16-2)17-10-13-11-20-7-8-21-13/h12-14H,3-11H2,1-2H3,(H2,16,17,18). The van der Waals surface area contributed by atoms with Crippen LogP contribution in [0.3, 0.4) is 0 Å². The minimum absolute atomic E-state index is 0.0824. The van der Waals surface area contributed by atoms with Crippen LogP contribution in [0.1, 0.15) is 32.6 Å². The van der Waals surface area contributed by atoms with E-state index in [2.05, 4.69) is 15.6 Å². The van der Waals surface area contributed by atoms with Gasteiger partial charge in [0.25, 0.3) is 0 Å². The quantitative estimate of drug-likeness (QED) is 0.572. The molecule has 0 aromatic rings. The fraction of sp³-hybridized carbons (Fsp3) is 0.933.